The van der Waals surface area contributed by atoms with Gasteiger partial charge in [0.25, 0.3) is 10.0 Å². The van der Waals surface area contributed by atoms with E-state index in [1.807, 2.05) is 42.5 Å². The van der Waals surface area contributed by atoms with Gasteiger partial charge in [-0.05, 0) is 34.5 Å². The fourth-order valence-corrected chi connectivity index (χ4v) is 2.92. The maximum absolute atomic E-state index is 12.0. The third-order valence-corrected chi connectivity index (χ3v) is 4.45. The summed E-state index contributed by atoms with van der Waals surface area (Å²) in [5.74, 6) is 0. The van der Waals surface area contributed by atoms with Crippen LogP contribution in [0, 0.1) is 0 Å². The summed E-state index contributed by atoms with van der Waals surface area (Å²) in [5.41, 5.74) is 0.828. The van der Waals surface area contributed by atoms with Crippen molar-refractivity contribution in [1.29, 1.82) is 0 Å². The van der Waals surface area contributed by atoms with E-state index in [-0.39, 0.29) is 4.90 Å². The maximum atomic E-state index is 12.0. The molecule has 3 rings (SSSR count). The lowest BCUT2D eigenvalue weighted by molar-refractivity contribution is 0.584. The van der Waals surface area contributed by atoms with Gasteiger partial charge in [-0.25, -0.2) is 4.83 Å². The van der Waals surface area contributed by atoms with E-state index in [0.717, 1.165) is 16.3 Å². The van der Waals surface area contributed by atoms with Crippen LogP contribution in [0.2, 0.25) is 0 Å². The number of hydrogen-bond donors (Lipinski definition) is 1. The van der Waals surface area contributed by atoms with Crippen LogP contribution in [0.15, 0.2) is 82.8 Å². The molecule has 0 heterocycles. The molecule has 0 saturated carbocycles. The molecule has 0 spiro atoms. The van der Waals surface area contributed by atoms with Crippen LogP contribution < -0.4 is 4.83 Å². The Kier molecular flexibility index (Phi) is 3.89. The Bertz CT molecular complexity index is 920. The Hall–Kier alpha value is -2.66. The molecule has 0 aliphatic carbocycles. The van der Waals surface area contributed by atoms with Gasteiger partial charge < -0.3 is 0 Å². The number of benzene rings is 3. The van der Waals surface area contributed by atoms with Crippen LogP contribution in [0.25, 0.3) is 10.8 Å². The van der Waals surface area contributed by atoms with Crippen molar-refractivity contribution in [2.24, 2.45) is 5.10 Å². The third kappa shape index (κ3) is 3.15. The summed E-state index contributed by atoms with van der Waals surface area (Å²) in [6, 6.07) is 21.9. The summed E-state index contributed by atoms with van der Waals surface area (Å²) in [6.07, 6.45) is 1.49. The SMILES string of the molecule is O=S(=O)(N/N=C\c1ccc2ccccc2c1)c1ccccc1. The first-order chi connectivity index (χ1) is 10.6. The molecule has 22 heavy (non-hydrogen) atoms. The van der Waals surface area contributed by atoms with Crippen molar-refractivity contribution < 1.29 is 8.42 Å². The number of hydrazone groups is 1. The molecule has 3 aromatic rings. The highest BCUT2D eigenvalue weighted by Gasteiger charge is 2.10. The van der Waals surface area contributed by atoms with E-state index in [0.29, 0.717) is 0 Å². The fourth-order valence-electron chi connectivity index (χ4n) is 2.11. The molecule has 0 bridgehead atoms. The molecule has 0 aliphatic heterocycles. The minimum Gasteiger partial charge on any atom is -0.200 e. The lowest BCUT2D eigenvalue weighted by atomic mass is 10.1. The molecular formula is C17H14N2O2S. The monoisotopic (exact) mass is 310 g/mol. The quantitative estimate of drug-likeness (QED) is 0.594. The zero-order valence-electron chi connectivity index (χ0n) is 11.7. The second-order valence-electron chi connectivity index (χ2n) is 4.77. The highest BCUT2D eigenvalue weighted by Crippen LogP contribution is 2.14. The summed E-state index contributed by atoms with van der Waals surface area (Å²) < 4.78 is 24.0. The van der Waals surface area contributed by atoms with Crippen LogP contribution in [0.4, 0.5) is 0 Å². The maximum Gasteiger partial charge on any atom is 0.276 e. The standard InChI is InChI=1S/C17H14N2O2S/c20-22(21,17-8-2-1-3-9-17)19-18-13-14-10-11-15-6-4-5-7-16(15)12-14/h1-13,19H/b18-13-. The third-order valence-electron chi connectivity index (χ3n) is 3.21. The van der Waals surface area contributed by atoms with Crippen molar-refractivity contribution in [3.63, 3.8) is 0 Å². The number of nitrogens with zero attached hydrogens (tertiary/aromatic N) is 1. The molecule has 0 amide bonds. The van der Waals surface area contributed by atoms with Crippen molar-refractivity contribution >= 4 is 27.0 Å². The van der Waals surface area contributed by atoms with E-state index in [1.165, 1.54) is 18.3 Å². The van der Waals surface area contributed by atoms with Gasteiger partial charge in [-0.1, -0.05) is 54.6 Å². The number of sulfonamides is 1. The van der Waals surface area contributed by atoms with Crippen LogP contribution in [0.3, 0.4) is 0 Å². The zero-order valence-corrected chi connectivity index (χ0v) is 12.5. The molecule has 0 aliphatic rings. The molecule has 4 nitrogen and oxygen atoms in total. The molecule has 5 heteroatoms. The van der Waals surface area contributed by atoms with Gasteiger partial charge in [0.2, 0.25) is 0 Å². The first kappa shape index (κ1) is 14.3. The molecule has 110 valence electrons. The van der Waals surface area contributed by atoms with E-state index in [2.05, 4.69) is 9.93 Å². The second kappa shape index (κ2) is 5.99. The summed E-state index contributed by atoms with van der Waals surface area (Å²) in [4.78, 5) is 2.40. The van der Waals surface area contributed by atoms with E-state index in [1.54, 1.807) is 18.2 Å². The number of fused-ring (bicyclic) bond motifs is 1. The van der Waals surface area contributed by atoms with Crippen LogP contribution in [0.1, 0.15) is 5.56 Å². The average Bonchev–Trinajstić information content (AvgIpc) is 2.55. The largest absolute Gasteiger partial charge is 0.276 e. The highest BCUT2D eigenvalue weighted by molar-refractivity contribution is 7.89. The first-order valence-corrected chi connectivity index (χ1v) is 8.22. The molecule has 0 aromatic heterocycles. The molecule has 1 N–H and O–H groups in total. The van der Waals surface area contributed by atoms with Crippen molar-refractivity contribution in [2.75, 3.05) is 0 Å². The van der Waals surface area contributed by atoms with Crippen molar-refractivity contribution in [2.45, 2.75) is 4.90 Å². The van der Waals surface area contributed by atoms with Gasteiger partial charge in [-0.2, -0.15) is 13.5 Å². The van der Waals surface area contributed by atoms with Gasteiger partial charge in [-0.3, -0.25) is 0 Å². The average molecular weight is 310 g/mol. The Morgan fingerprint density at radius 2 is 1.50 bits per heavy atom. The molecule has 0 saturated heterocycles. The summed E-state index contributed by atoms with van der Waals surface area (Å²) >= 11 is 0. The van der Waals surface area contributed by atoms with Crippen molar-refractivity contribution in [1.82, 2.24) is 4.83 Å². The van der Waals surface area contributed by atoms with Gasteiger partial charge in [0.05, 0.1) is 11.1 Å². The van der Waals surface area contributed by atoms with Gasteiger partial charge in [-0.15, -0.1) is 0 Å². The Morgan fingerprint density at radius 1 is 0.818 bits per heavy atom. The summed E-state index contributed by atoms with van der Waals surface area (Å²) in [6.45, 7) is 0. The molecule has 0 unspecified atom stereocenters. The van der Waals surface area contributed by atoms with E-state index in [9.17, 15) is 8.42 Å². The van der Waals surface area contributed by atoms with Crippen LogP contribution in [-0.2, 0) is 10.0 Å². The number of nitrogens with one attached hydrogen (secondary N) is 1. The first-order valence-electron chi connectivity index (χ1n) is 6.74. The Morgan fingerprint density at radius 3 is 2.27 bits per heavy atom. The fraction of sp³-hybridized carbons (Fsp3) is 0. The Balaban J connectivity index is 1.79. The zero-order chi connectivity index (χ0) is 15.4. The van der Waals surface area contributed by atoms with Gasteiger partial charge in [0.1, 0.15) is 0 Å². The normalized spacial score (nSPS) is 11.8. The smallest absolute Gasteiger partial charge is 0.200 e. The highest BCUT2D eigenvalue weighted by atomic mass is 32.2. The van der Waals surface area contributed by atoms with Crippen LogP contribution in [-0.4, -0.2) is 14.6 Å². The lowest BCUT2D eigenvalue weighted by Gasteiger charge is -2.03. The minimum absolute atomic E-state index is 0.186. The Labute approximate surface area is 129 Å². The second-order valence-corrected chi connectivity index (χ2v) is 6.43. The molecule has 3 aromatic carbocycles. The summed E-state index contributed by atoms with van der Waals surface area (Å²) in [7, 11) is -3.62. The van der Waals surface area contributed by atoms with E-state index in [4.69, 9.17) is 0 Å². The van der Waals surface area contributed by atoms with Gasteiger partial charge in [0, 0.05) is 0 Å². The van der Waals surface area contributed by atoms with E-state index >= 15 is 0 Å². The predicted octanol–water partition coefficient (Wildman–Crippen LogP) is 3.15. The molecule has 0 atom stereocenters. The number of rotatable bonds is 4. The lowest BCUT2D eigenvalue weighted by Crippen LogP contribution is -2.18. The topological polar surface area (TPSA) is 58.5 Å². The van der Waals surface area contributed by atoms with Gasteiger partial charge >= 0.3 is 0 Å². The summed E-state index contributed by atoms with van der Waals surface area (Å²) in [5, 5.41) is 6.04. The van der Waals surface area contributed by atoms with Crippen molar-refractivity contribution in [3.8, 4) is 0 Å². The molecule has 0 radical (unpaired) electrons. The molecule has 0 fully saturated rings. The molecular weight excluding hydrogens is 296 g/mol. The van der Waals surface area contributed by atoms with Gasteiger partial charge in [0.15, 0.2) is 0 Å². The van der Waals surface area contributed by atoms with Crippen LogP contribution >= 0.6 is 0 Å². The minimum atomic E-state index is -3.62. The number of hydrogen-bond acceptors (Lipinski definition) is 3. The predicted molar refractivity (Wildman–Crippen MR) is 88.3 cm³/mol. The van der Waals surface area contributed by atoms with Crippen molar-refractivity contribution in [3.05, 3.63) is 78.4 Å². The van der Waals surface area contributed by atoms with Crippen LogP contribution in [0.5, 0.6) is 0 Å². The van der Waals surface area contributed by atoms with E-state index < -0.39 is 10.0 Å².